The Hall–Kier alpha value is -0.870. The molecule has 1 saturated heterocycles. The number of ketones is 1. The standard InChI is InChI=1S/C10H12O3S/c1-12-10-3-2-9(14-10)8-6-7(11)4-5-13-8/h2-3,8H,4-6H2,1H3. The molecule has 0 spiro atoms. The molecule has 1 unspecified atom stereocenters. The minimum absolute atomic E-state index is 0.0508. The highest BCUT2D eigenvalue weighted by atomic mass is 32.1. The maximum atomic E-state index is 11.2. The van der Waals surface area contributed by atoms with Gasteiger partial charge in [0, 0.05) is 17.7 Å². The molecule has 0 saturated carbocycles. The summed E-state index contributed by atoms with van der Waals surface area (Å²) in [7, 11) is 1.64. The molecule has 1 aromatic heterocycles. The van der Waals surface area contributed by atoms with Gasteiger partial charge in [0.2, 0.25) is 0 Å². The van der Waals surface area contributed by atoms with Crippen LogP contribution >= 0.6 is 11.3 Å². The monoisotopic (exact) mass is 212 g/mol. The molecule has 14 heavy (non-hydrogen) atoms. The third kappa shape index (κ3) is 1.96. The van der Waals surface area contributed by atoms with Crippen LogP contribution in [0.5, 0.6) is 5.06 Å². The largest absolute Gasteiger partial charge is 0.487 e. The van der Waals surface area contributed by atoms with E-state index in [9.17, 15) is 4.79 Å². The van der Waals surface area contributed by atoms with E-state index in [4.69, 9.17) is 9.47 Å². The lowest BCUT2D eigenvalue weighted by atomic mass is 10.1. The van der Waals surface area contributed by atoms with Crippen molar-refractivity contribution in [1.82, 2.24) is 0 Å². The molecular formula is C10H12O3S. The van der Waals surface area contributed by atoms with Gasteiger partial charge in [0.05, 0.1) is 19.8 Å². The molecule has 0 radical (unpaired) electrons. The lowest BCUT2D eigenvalue weighted by molar-refractivity contribution is -0.128. The van der Waals surface area contributed by atoms with Crippen LogP contribution in [0.4, 0.5) is 0 Å². The lowest BCUT2D eigenvalue weighted by Gasteiger charge is -2.20. The maximum absolute atomic E-state index is 11.2. The fourth-order valence-electron chi connectivity index (χ4n) is 1.48. The molecule has 2 rings (SSSR count). The van der Waals surface area contributed by atoms with E-state index >= 15 is 0 Å². The second kappa shape index (κ2) is 4.11. The van der Waals surface area contributed by atoms with Gasteiger partial charge < -0.3 is 9.47 Å². The Labute approximate surface area is 86.6 Å². The molecule has 1 atom stereocenters. The summed E-state index contributed by atoms with van der Waals surface area (Å²) >= 11 is 1.54. The fraction of sp³-hybridized carbons (Fsp3) is 0.500. The minimum Gasteiger partial charge on any atom is -0.487 e. The van der Waals surface area contributed by atoms with Crippen molar-refractivity contribution in [2.24, 2.45) is 0 Å². The van der Waals surface area contributed by atoms with Crippen LogP contribution in [0.3, 0.4) is 0 Å². The number of hydrogen-bond donors (Lipinski definition) is 0. The van der Waals surface area contributed by atoms with Crippen LogP contribution < -0.4 is 4.74 Å². The zero-order valence-corrected chi connectivity index (χ0v) is 8.80. The molecule has 4 heteroatoms. The molecular weight excluding hydrogens is 200 g/mol. The van der Waals surface area contributed by atoms with Gasteiger partial charge >= 0.3 is 0 Å². The van der Waals surface area contributed by atoms with Crippen molar-refractivity contribution in [2.75, 3.05) is 13.7 Å². The molecule has 0 N–H and O–H groups in total. The van der Waals surface area contributed by atoms with Crippen molar-refractivity contribution in [3.8, 4) is 5.06 Å². The first-order chi connectivity index (χ1) is 6.79. The summed E-state index contributed by atoms with van der Waals surface area (Å²) in [5.74, 6) is 0.286. The van der Waals surface area contributed by atoms with E-state index in [1.54, 1.807) is 18.4 Å². The van der Waals surface area contributed by atoms with Crippen LogP contribution in [0.1, 0.15) is 23.8 Å². The van der Waals surface area contributed by atoms with Crippen LogP contribution in [0.2, 0.25) is 0 Å². The molecule has 0 bridgehead atoms. The lowest BCUT2D eigenvalue weighted by Crippen LogP contribution is -2.18. The molecule has 1 fully saturated rings. The second-order valence-electron chi connectivity index (χ2n) is 3.21. The summed E-state index contributed by atoms with van der Waals surface area (Å²) in [4.78, 5) is 12.3. The van der Waals surface area contributed by atoms with Gasteiger partial charge in [0.1, 0.15) is 5.78 Å². The number of hydrogen-bond acceptors (Lipinski definition) is 4. The summed E-state index contributed by atoms with van der Waals surface area (Å²) in [5.41, 5.74) is 0. The predicted octanol–water partition coefficient (Wildman–Crippen LogP) is 2.18. The van der Waals surface area contributed by atoms with Crippen LogP contribution in [0.15, 0.2) is 12.1 Å². The number of methoxy groups -OCH3 is 1. The van der Waals surface area contributed by atoms with E-state index in [-0.39, 0.29) is 11.9 Å². The molecule has 0 aromatic carbocycles. The van der Waals surface area contributed by atoms with Gasteiger partial charge in [-0.3, -0.25) is 4.79 Å². The average molecular weight is 212 g/mol. The van der Waals surface area contributed by atoms with Gasteiger partial charge in [-0.15, -0.1) is 11.3 Å². The molecule has 76 valence electrons. The third-order valence-electron chi connectivity index (χ3n) is 2.23. The van der Waals surface area contributed by atoms with Gasteiger partial charge in [-0.1, -0.05) is 0 Å². The minimum atomic E-state index is -0.0508. The highest BCUT2D eigenvalue weighted by Gasteiger charge is 2.23. The Bertz CT molecular complexity index is 332. The number of Topliss-reactive ketones (excluding diaryl/α,β-unsaturated/α-hetero) is 1. The molecule has 0 amide bonds. The molecule has 3 nitrogen and oxygen atoms in total. The van der Waals surface area contributed by atoms with Crippen molar-refractivity contribution < 1.29 is 14.3 Å². The van der Waals surface area contributed by atoms with E-state index in [1.807, 2.05) is 12.1 Å². The smallest absolute Gasteiger partial charge is 0.173 e. The van der Waals surface area contributed by atoms with E-state index < -0.39 is 0 Å². The van der Waals surface area contributed by atoms with Gasteiger partial charge in [-0.05, 0) is 12.1 Å². The number of thiophene rings is 1. The Balaban J connectivity index is 2.09. The molecule has 1 aliphatic heterocycles. The number of carbonyl (C=O) groups is 1. The topological polar surface area (TPSA) is 35.5 Å². The molecule has 1 aliphatic rings. The Kier molecular flexibility index (Phi) is 2.84. The van der Waals surface area contributed by atoms with Gasteiger partial charge in [0.25, 0.3) is 0 Å². The summed E-state index contributed by atoms with van der Waals surface area (Å²) in [6.07, 6.45) is 1.01. The number of carbonyl (C=O) groups excluding carboxylic acids is 1. The fourth-order valence-corrected chi connectivity index (χ4v) is 2.35. The summed E-state index contributed by atoms with van der Waals surface area (Å²) in [5, 5.41) is 0.863. The second-order valence-corrected chi connectivity index (χ2v) is 4.29. The van der Waals surface area contributed by atoms with E-state index in [2.05, 4.69) is 0 Å². The van der Waals surface area contributed by atoms with Crippen molar-refractivity contribution in [2.45, 2.75) is 18.9 Å². The third-order valence-corrected chi connectivity index (χ3v) is 3.37. The van der Waals surface area contributed by atoms with E-state index in [0.717, 1.165) is 9.94 Å². The van der Waals surface area contributed by atoms with Crippen LogP contribution in [-0.2, 0) is 9.53 Å². The average Bonchev–Trinajstić information content (AvgIpc) is 2.66. The number of ether oxygens (including phenoxy) is 2. The predicted molar refractivity (Wildman–Crippen MR) is 53.8 cm³/mol. The first-order valence-corrected chi connectivity index (χ1v) is 5.38. The Morgan fingerprint density at radius 3 is 3.07 bits per heavy atom. The number of rotatable bonds is 2. The van der Waals surface area contributed by atoms with Crippen molar-refractivity contribution in [3.63, 3.8) is 0 Å². The summed E-state index contributed by atoms with van der Waals surface area (Å²) < 4.78 is 10.6. The van der Waals surface area contributed by atoms with Gasteiger partial charge in [-0.25, -0.2) is 0 Å². The summed E-state index contributed by atoms with van der Waals surface area (Å²) in [6.45, 7) is 0.545. The van der Waals surface area contributed by atoms with E-state index in [0.29, 0.717) is 19.4 Å². The zero-order chi connectivity index (χ0) is 9.97. The molecule has 0 aliphatic carbocycles. The van der Waals surface area contributed by atoms with Crippen molar-refractivity contribution in [1.29, 1.82) is 0 Å². The highest BCUT2D eigenvalue weighted by Crippen LogP contribution is 2.34. The highest BCUT2D eigenvalue weighted by molar-refractivity contribution is 7.13. The first kappa shape index (κ1) is 9.68. The Morgan fingerprint density at radius 2 is 2.43 bits per heavy atom. The Morgan fingerprint density at radius 1 is 1.57 bits per heavy atom. The van der Waals surface area contributed by atoms with Crippen LogP contribution in [0, 0.1) is 0 Å². The van der Waals surface area contributed by atoms with Crippen LogP contribution in [0.25, 0.3) is 0 Å². The molecule has 2 heterocycles. The van der Waals surface area contributed by atoms with Crippen molar-refractivity contribution >= 4 is 17.1 Å². The van der Waals surface area contributed by atoms with Crippen molar-refractivity contribution in [3.05, 3.63) is 17.0 Å². The first-order valence-electron chi connectivity index (χ1n) is 4.56. The normalized spacial score (nSPS) is 22.4. The zero-order valence-electron chi connectivity index (χ0n) is 7.99. The summed E-state index contributed by atoms with van der Waals surface area (Å²) in [6, 6.07) is 3.87. The van der Waals surface area contributed by atoms with E-state index in [1.165, 1.54) is 0 Å². The van der Waals surface area contributed by atoms with Crippen LogP contribution in [-0.4, -0.2) is 19.5 Å². The SMILES string of the molecule is COc1ccc(C2CC(=O)CCO2)s1. The molecule has 1 aromatic rings. The van der Waals surface area contributed by atoms with Gasteiger partial charge in [0.15, 0.2) is 5.06 Å². The maximum Gasteiger partial charge on any atom is 0.173 e. The quantitative estimate of drug-likeness (QED) is 0.753. The van der Waals surface area contributed by atoms with Gasteiger partial charge in [-0.2, -0.15) is 0 Å².